The molecule has 0 radical (unpaired) electrons. The Hall–Kier alpha value is -2.41. The number of amides is 2. The van der Waals surface area contributed by atoms with Crippen LogP contribution in [-0.2, 0) is 11.3 Å². The molecule has 2 amide bonds. The summed E-state index contributed by atoms with van der Waals surface area (Å²) in [6.07, 6.45) is 5.22. The lowest BCUT2D eigenvalue weighted by Gasteiger charge is -2.31. The van der Waals surface area contributed by atoms with Gasteiger partial charge in [-0.15, -0.1) is 0 Å². The molecule has 0 saturated carbocycles. The van der Waals surface area contributed by atoms with Crippen molar-refractivity contribution in [2.75, 3.05) is 20.1 Å². The van der Waals surface area contributed by atoms with Gasteiger partial charge in [0.25, 0.3) is 0 Å². The summed E-state index contributed by atoms with van der Waals surface area (Å²) in [4.78, 5) is 29.8. The molecule has 7 heteroatoms. The molecule has 0 spiro atoms. The van der Waals surface area contributed by atoms with Gasteiger partial charge in [0.2, 0.25) is 11.8 Å². The molecular formula is C16H21N5O2. The average molecular weight is 315 g/mol. The van der Waals surface area contributed by atoms with Crippen LogP contribution in [0.15, 0.2) is 24.5 Å². The van der Waals surface area contributed by atoms with Gasteiger partial charge >= 0.3 is 0 Å². The molecule has 0 bridgehead atoms. The zero-order chi connectivity index (χ0) is 16.4. The van der Waals surface area contributed by atoms with E-state index in [0.717, 1.165) is 31.3 Å². The van der Waals surface area contributed by atoms with Crippen LogP contribution in [0.25, 0.3) is 11.0 Å². The van der Waals surface area contributed by atoms with Crippen LogP contribution in [0.2, 0.25) is 0 Å². The third-order valence-corrected chi connectivity index (χ3v) is 4.44. The van der Waals surface area contributed by atoms with Gasteiger partial charge in [0.1, 0.15) is 12.2 Å². The lowest BCUT2D eigenvalue weighted by molar-refractivity contribution is -0.133. The van der Waals surface area contributed by atoms with E-state index in [0.29, 0.717) is 17.3 Å². The van der Waals surface area contributed by atoms with Crippen LogP contribution in [-0.4, -0.2) is 52.4 Å². The molecular weight excluding hydrogens is 294 g/mol. The van der Waals surface area contributed by atoms with Crippen molar-refractivity contribution in [1.29, 1.82) is 0 Å². The zero-order valence-corrected chi connectivity index (χ0v) is 13.2. The van der Waals surface area contributed by atoms with E-state index in [-0.39, 0.29) is 12.5 Å². The van der Waals surface area contributed by atoms with E-state index in [1.807, 2.05) is 24.2 Å². The second-order valence-electron chi connectivity index (χ2n) is 5.93. The SMILES string of the molecule is CN(C(=O)Cn1ccc2cc(C(N)=O)cnc21)C1CCNCC1. The van der Waals surface area contributed by atoms with Crippen LogP contribution >= 0.6 is 0 Å². The summed E-state index contributed by atoms with van der Waals surface area (Å²) in [7, 11) is 1.86. The molecule has 2 aromatic heterocycles. The normalized spacial score (nSPS) is 15.7. The molecule has 0 unspecified atom stereocenters. The Balaban J connectivity index is 1.75. The monoisotopic (exact) mass is 315 g/mol. The number of hydrogen-bond acceptors (Lipinski definition) is 4. The van der Waals surface area contributed by atoms with Gasteiger partial charge in [-0.05, 0) is 38.1 Å². The standard InChI is InChI=1S/C16H21N5O2/c1-20(13-2-5-18-6-3-13)14(22)10-21-7-4-11-8-12(15(17)23)9-19-16(11)21/h4,7-9,13,18H,2-3,5-6,10H2,1H3,(H2,17,23). The molecule has 3 rings (SSSR count). The first kappa shape index (κ1) is 15.5. The lowest BCUT2D eigenvalue weighted by atomic mass is 10.1. The number of rotatable bonds is 4. The van der Waals surface area contributed by atoms with Crippen molar-refractivity contribution in [2.45, 2.75) is 25.4 Å². The fraction of sp³-hybridized carbons (Fsp3) is 0.438. The maximum Gasteiger partial charge on any atom is 0.250 e. The number of hydrogen-bond donors (Lipinski definition) is 2. The maximum absolute atomic E-state index is 12.5. The van der Waals surface area contributed by atoms with Gasteiger partial charge < -0.3 is 20.5 Å². The fourth-order valence-corrected chi connectivity index (χ4v) is 3.00. The summed E-state index contributed by atoms with van der Waals surface area (Å²) in [5.74, 6) is -0.441. The highest BCUT2D eigenvalue weighted by Crippen LogP contribution is 2.16. The minimum Gasteiger partial charge on any atom is -0.366 e. The largest absolute Gasteiger partial charge is 0.366 e. The number of primary amides is 1. The molecule has 1 fully saturated rings. The van der Waals surface area contributed by atoms with Crippen LogP contribution in [0.5, 0.6) is 0 Å². The van der Waals surface area contributed by atoms with Gasteiger partial charge in [0, 0.05) is 30.9 Å². The summed E-state index contributed by atoms with van der Waals surface area (Å²) in [6.45, 7) is 2.14. The van der Waals surface area contributed by atoms with Crippen LogP contribution in [0.1, 0.15) is 23.2 Å². The van der Waals surface area contributed by atoms with Crippen LogP contribution < -0.4 is 11.1 Å². The van der Waals surface area contributed by atoms with E-state index in [9.17, 15) is 9.59 Å². The number of nitrogens with two attached hydrogens (primary N) is 1. The molecule has 1 saturated heterocycles. The summed E-state index contributed by atoms with van der Waals surface area (Å²) in [6, 6.07) is 3.83. The molecule has 0 atom stereocenters. The molecule has 7 nitrogen and oxygen atoms in total. The second-order valence-corrected chi connectivity index (χ2v) is 5.93. The molecule has 0 aliphatic carbocycles. The van der Waals surface area contributed by atoms with Crippen LogP contribution in [0.4, 0.5) is 0 Å². The average Bonchev–Trinajstić information content (AvgIpc) is 2.97. The third-order valence-electron chi connectivity index (χ3n) is 4.44. The Morgan fingerprint density at radius 2 is 2.17 bits per heavy atom. The van der Waals surface area contributed by atoms with E-state index in [4.69, 9.17) is 5.73 Å². The van der Waals surface area contributed by atoms with E-state index in [2.05, 4.69) is 10.3 Å². The van der Waals surface area contributed by atoms with E-state index in [1.165, 1.54) is 6.20 Å². The maximum atomic E-state index is 12.5. The lowest BCUT2D eigenvalue weighted by Crippen LogP contribution is -2.45. The molecule has 3 N–H and O–H groups in total. The van der Waals surface area contributed by atoms with Gasteiger partial charge in [0.05, 0.1) is 5.56 Å². The minimum atomic E-state index is -0.506. The summed E-state index contributed by atoms with van der Waals surface area (Å²) >= 11 is 0. The predicted molar refractivity (Wildman–Crippen MR) is 86.9 cm³/mol. The van der Waals surface area contributed by atoms with Gasteiger partial charge in [-0.25, -0.2) is 4.98 Å². The van der Waals surface area contributed by atoms with Crippen molar-refractivity contribution >= 4 is 22.8 Å². The van der Waals surface area contributed by atoms with Crippen LogP contribution in [0.3, 0.4) is 0 Å². The quantitative estimate of drug-likeness (QED) is 0.851. The van der Waals surface area contributed by atoms with Crippen molar-refractivity contribution < 1.29 is 9.59 Å². The Labute approximate surface area is 134 Å². The van der Waals surface area contributed by atoms with E-state index in [1.54, 1.807) is 10.6 Å². The smallest absolute Gasteiger partial charge is 0.250 e. The number of piperidine rings is 1. The molecule has 23 heavy (non-hydrogen) atoms. The number of nitrogens with one attached hydrogen (secondary N) is 1. The Bertz CT molecular complexity index is 733. The number of likely N-dealkylation sites (N-methyl/N-ethyl adjacent to an activating group) is 1. The molecule has 3 heterocycles. The Morgan fingerprint density at radius 1 is 1.43 bits per heavy atom. The summed E-state index contributed by atoms with van der Waals surface area (Å²) in [5.41, 5.74) is 6.31. The van der Waals surface area contributed by atoms with Gasteiger partial charge in [-0.1, -0.05) is 0 Å². The first-order valence-electron chi connectivity index (χ1n) is 7.77. The highest BCUT2D eigenvalue weighted by atomic mass is 16.2. The van der Waals surface area contributed by atoms with Gasteiger partial charge in [-0.3, -0.25) is 9.59 Å². The van der Waals surface area contributed by atoms with Crippen molar-refractivity contribution in [3.63, 3.8) is 0 Å². The number of pyridine rings is 1. The van der Waals surface area contributed by atoms with Crippen molar-refractivity contribution in [1.82, 2.24) is 19.8 Å². The number of aromatic nitrogens is 2. The first-order valence-corrected chi connectivity index (χ1v) is 7.77. The number of carbonyl (C=O) groups excluding carboxylic acids is 2. The van der Waals surface area contributed by atoms with Crippen molar-refractivity contribution in [2.24, 2.45) is 5.73 Å². The highest BCUT2D eigenvalue weighted by molar-refractivity contribution is 5.96. The molecule has 1 aliphatic heterocycles. The number of fused-ring (bicyclic) bond motifs is 1. The van der Waals surface area contributed by atoms with Crippen LogP contribution in [0, 0.1) is 0 Å². The summed E-state index contributed by atoms with van der Waals surface area (Å²) < 4.78 is 1.81. The Morgan fingerprint density at radius 3 is 2.87 bits per heavy atom. The highest BCUT2D eigenvalue weighted by Gasteiger charge is 2.22. The van der Waals surface area contributed by atoms with E-state index >= 15 is 0 Å². The molecule has 0 aromatic carbocycles. The van der Waals surface area contributed by atoms with Gasteiger partial charge in [-0.2, -0.15) is 0 Å². The predicted octanol–water partition coefficient (Wildman–Crippen LogP) is 0.346. The first-order chi connectivity index (χ1) is 11.1. The number of carbonyl (C=O) groups is 2. The fourth-order valence-electron chi connectivity index (χ4n) is 3.00. The van der Waals surface area contributed by atoms with Gasteiger partial charge in [0.15, 0.2) is 0 Å². The Kier molecular flexibility index (Phi) is 4.29. The summed E-state index contributed by atoms with van der Waals surface area (Å²) in [5, 5.41) is 4.11. The number of nitrogens with zero attached hydrogens (tertiary/aromatic N) is 3. The third kappa shape index (κ3) is 3.19. The molecule has 1 aliphatic rings. The van der Waals surface area contributed by atoms with Crippen molar-refractivity contribution in [3.8, 4) is 0 Å². The topological polar surface area (TPSA) is 93.3 Å². The second kappa shape index (κ2) is 6.37. The van der Waals surface area contributed by atoms with Crippen molar-refractivity contribution in [3.05, 3.63) is 30.1 Å². The molecule has 122 valence electrons. The van der Waals surface area contributed by atoms with E-state index < -0.39 is 5.91 Å². The zero-order valence-electron chi connectivity index (χ0n) is 13.2. The molecule has 2 aromatic rings. The minimum absolute atomic E-state index is 0.0650.